The number of hydrogen-bond acceptors (Lipinski definition) is 7. The van der Waals surface area contributed by atoms with Crippen molar-refractivity contribution in [3.05, 3.63) is 83.0 Å². The predicted octanol–water partition coefficient (Wildman–Crippen LogP) is 4.31. The Hall–Kier alpha value is -3.50. The first-order chi connectivity index (χ1) is 22.3. The number of pyridine rings is 1. The number of anilines is 1. The molecule has 0 radical (unpaired) electrons. The van der Waals surface area contributed by atoms with E-state index in [1.807, 2.05) is 18.2 Å². The third-order valence-electron chi connectivity index (χ3n) is 8.66. The van der Waals surface area contributed by atoms with E-state index < -0.39 is 0 Å². The SMILES string of the molecule is COc1cc2cc(C)[n+](-c3nc(SCCCN4CCN(c5cccc(Cl)c5)CC4)n[nH]3)c(-c3ccc(C(C)C)cc3)c2cc1OC.[Cl-]. The molecule has 0 bridgehead atoms. The largest absolute Gasteiger partial charge is 1.00 e. The Morgan fingerprint density at radius 3 is 2.36 bits per heavy atom. The van der Waals surface area contributed by atoms with E-state index in [0.29, 0.717) is 23.4 Å². The zero-order chi connectivity index (χ0) is 32.2. The lowest BCUT2D eigenvalue weighted by atomic mass is 9.97. The van der Waals surface area contributed by atoms with E-state index in [-0.39, 0.29) is 12.4 Å². The number of rotatable bonds is 11. The van der Waals surface area contributed by atoms with Gasteiger partial charge in [-0.15, -0.1) is 5.10 Å². The normalized spacial score (nSPS) is 13.6. The van der Waals surface area contributed by atoms with E-state index in [4.69, 9.17) is 26.1 Å². The predicted molar refractivity (Wildman–Crippen MR) is 188 cm³/mol. The molecule has 0 atom stereocenters. The number of halogens is 2. The van der Waals surface area contributed by atoms with E-state index in [1.54, 1.807) is 26.0 Å². The molecule has 0 spiro atoms. The molecule has 1 aliphatic rings. The number of aromatic nitrogens is 4. The second kappa shape index (κ2) is 15.6. The maximum absolute atomic E-state index is 6.20. The minimum atomic E-state index is 0. The van der Waals surface area contributed by atoms with Gasteiger partial charge in [-0.3, -0.25) is 4.90 Å². The van der Waals surface area contributed by atoms with Gasteiger partial charge in [-0.2, -0.15) is 4.57 Å². The Morgan fingerprint density at radius 2 is 1.68 bits per heavy atom. The van der Waals surface area contributed by atoms with Crippen molar-refractivity contribution in [2.45, 2.75) is 38.3 Å². The Morgan fingerprint density at radius 1 is 0.957 bits per heavy atom. The number of benzene rings is 3. The van der Waals surface area contributed by atoms with E-state index in [1.165, 1.54) is 11.3 Å². The van der Waals surface area contributed by atoms with Crippen LogP contribution in [0.15, 0.2) is 71.9 Å². The molecule has 248 valence electrons. The van der Waals surface area contributed by atoms with Gasteiger partial charge in [-0.1, -0.05) is 72.6 Å². The van der Waals surface area contributed by atoms with Crippen molar-refractivity contribution < 1.29 is 26.4 Å². The summed E-state index contributed by atoms with van der Waals surface area (Å²) in [6.07, 6.45) is 1.07. The van der Waals surface area contributed by atoms with E-state index in [9.17, 15) is 0 Å². The molecule has 0 aliphatic carbocycles. The van der Waals surface area contributed by atoms with Gasteiger partial charge < -0.3 is 26.8 Å². The molecule has 1 saturated heterocycles. The van der Waals surface area contributed by atoms with Gasteiger partial charge in [0, 0.05) is 53.6 Å². The fraction of sp³-hybridized carbons (Fsp3) is 0.361. The molecule has 6 rings (SSSR count). The second-order valence-corrected chi connectivity index (χ2v) is 13.5. The highest BCUT2D eigenvalue weighted by Gasteiger charge is 2.25. The zero-order valence-electron chi connectivity index (χ0n) is 27.6. The van der Waals surface area contributed by atoms with Gasteiger partial charge in [0.15, 0.2) is 11.5 Å². The van der Waals surface area contributed by atoms with Crippen LogP contribution in [0, 0.1) is 6.92 Å². The Labute approximate surface area is 292 Å². The number of aromatic amines is 1. The molecule has 11 heteroatoms. The average Bonchev–Trinajstić information content (AvgIpc) is 3.54. The third-order valence-corrected chi connectivity index (χ3v) is 9.83. The summed E-state index contributed by atoms with van der Waals surface area (Å²) in [6, 6.07) is 23.2. The molecular formula is C36H42Cl2N6O2S. The van der Waals surface area contributed by atoms with Crippen LogP contribution in [0.2, 0.25) is 5.02 Å². The van der Waals surface area contributed by atoms with Crippen LogP contribution in [0.5, 0.6) is 11.5 Å². The maximum atomic E-state index is 6.20. The number of piperazine rings is 1. The molecule has 2 aromatic heterocycles. The van der Waals surface area contributed by atoms with Crippen LogP contribution in [-0.4, -0.2) is 72.8 Å². The number of aryl methyl sites for hydroxylation is 1. The van der Waals surface area contributed by atoms with Gasteiger partial charge in [0.2, 0.25) is 0 Å². The monoisotopic (exact) mass is 692 g/mol. The van der Waals surface area contributed by atoms with Gasteiger partial charge in [-0.05, 0) is 78.1 Å². The van der Waals surface area contributed by atoms with Gasteiger partial charge in [-0.25, -0.2) is 0 Å². The van der Waals surface area contributed by atoms with Crippen LogP contribution >= 0.6 is 23.4 Å². The fourth-order valence-corrected chi connectivity index (χ4v) is 7.05. The molecule has 3 aromatic carbocycles. The van der Waals surface area contributed by atoms with E-state index in [2.05, 4.69) is 93.9 Å². The van der Waals surface area contributed by atoms with Crippen LogP contribution in [0.3, 0.4) is 0 Å². The molecule has 1 aliphatic heterocycles. The zero-order valence-corrected chi connectivity index (χ0v) is 29.9. The summed E-state index contributed by atoms with van der Waals surface area (Å²) >= 11 is 7.90. The number of nitrogens with one attached hydrogen (secondary N) is 1. The number of ether oxygens (including phenoxy) is 2. The molecule has 1 N–H and O–H groups in total. The number of methoxy groups -OCH3 is 2. The van der Waals surface area contributed by atoms with E-state index in [0.717, 1.165) is 82.8 Å². The lowest BCUT2D eigenvalue weighted by molar-refractivity contribution is -0.597. The Kier molecular flexibility index (Phi) is 11.6. The van der Waals surface area contributed by atoms with Crippen molar-refractivity contribution in [3.63, 3.8) is 0 Å². The van der Waals surface area contributed by atoms with Crippen LogP contribution < -0.4 is 31.3 Å². The minimum Gasteiger partial charge on any atom is -1.00 e. The minimum absolute atomic E-state index is 0. The Balaban J connectivity index is 0.00000433. The summed E-state index contributed by atoms with van der Waals surface area (Å²) < 4.78 is 13.5. The van der Waals surface area contributed by atoms with Crippen molar-refractivity contribution in [3.8, 4) is 28.7 Å². The highest BCUT2D eigenvalue weighted by atomic mass is 35.5. The highest BCUT2D eigenvalue weighted by molar-refractivity contribution is 7.99. The first-order valence-corrected chi connectivity index (χ1v) is 17.2. The van der Waals surface area contributed by atoms with Crippen LogP contribution in [0.4, 0.5) is 5.69 Å². The third kappa shape index (κ3) is 7.81. The van der Waals surface area contributed by atoms with Gasteiger partial charge >= 0.3 is 5.95 Å². The summed E-state index contributed by atoms with van der Waals surface area (Å²) in [4.78, 5) is 9.92. The summed E-state index contributed by atoms with van der Waals surface area (Å²) in [5.74, 6) is 3.48. The van der Waals surface area contributed by atoms with Crippen molar-refractivity contribution in [2.75, 3.05) is 57.6 Å². The first kappa shape index (κ1) is 34.8. The number of fused-ring (bicyclic) bond motifs is 1. The quantitative estimate of drug-likeness (QED) is 0.126. The fourth-order valence-electron chi connectivity index (χ4n) is 6.15. The topological polar surface area (TPSA) is 70.4 Å². The number of thioether (sulfide) groups is 1. The molecule has 3 heterocycles. The van der Waals surface area contributed by atoms with Crippen LogP contribution in [-0.2, 0) is 0 Å². The summed E-state index contributed by atoms with van der Waals surface area (Å²) in [7, 11) is 3.34. The second-order valence-electron chi connectivity index (χ2n) is 12.0. The summed E-state index contributed by atoms with van der Waals surface area (Å²) in [5.41, 5.74) is 5.65. The smallest absolute Gasteiger partial charge is 0.423 e. The number of H-pyrrole nitrogens is 1. The van der Waals surface area contributed by atoms with Crippen molar-refractivity contribution >= 4 is 39.8 Å². The lowest BCUT2D eigenvalue weighted by Gasteiger charge is -2.36. The molecule has 8 nitrogen and oxygen atoms in total. The lowest BCUT2D eigenvalue weighted by Crippen LogP contribution is -3.00. The molecule has 47 heavy (non-hydrogen) atoms. The van der Waals surface area contributed by atoms with Crippen LogP contribution in [0.1, 0.15) is 37.4 Å². The molecular weight excluding hydrogens is 651 g/mol. The molecule has 0 amide bonds. The van der Waals surface area contributed by atoms with Gasteiger partial charge in [0.25, 0.3) is 5.16 Å². The van der Waals surface area contributed by atoms with Crippen LogP contribution in [0.25, 0.3) is 28.0 Å². The molecule has 0 saturated carbocycles. The van der Waals surface area contributed by atoms with Gasteiger partial charge in [0.1, 0.15) is 5.69 Å². The number of hydrogen-bond donors (Lipinski definition) is 1. The average molecular weight is 694 g/mol. The van der Waals surface area contributed by atoms with Crippen molar-refractivity contribution in [1.82, 2.24) is 20.1 Å². The molecule has 5 aromatic rings. The standard InChI is InChI=1S/C36H42ClN6O2S.ClH/c1-24(2)26-10-12-27(13-11-26)34-31-23-33(45-5)32(44-4)21-28(31)20-25(3)43(34)35-38-36(40-39-35)46-19-7-14-41-15-17-42(18-16-41)30-9-6-8-29(37)22-30;/h6,8-13,20-24H,7,14-19H2,1-5H3,(H,38,39,40);1H/q+1;/p-1. The highest BCUT2D eigenvalue weighted by Crippen LogP contribution is 2.37. The summed E-state index contributed by atoms with van der Waals surface area (Å²) in [6.45, 7) is 11.7. The maximum Gasteiger partial charge on any atom is 0.423 e. The molecule has 0 unspecified atom stereocenters. The molecule has 1 fully saturated rings. The summed E-state index contributed by atoms with van der Waals surface area (Å²) in [5, 5.41) is 11.5. The van der Waals surface area contributed by atoms with Crippen molar-refractivity contribution in [2.24, 2.45) is 0 Å². The van der Waals surface area contributed by atoms with Gasteiger partial charge in [0.05, 0.1) is 19.9 Å². The first-order valence-electron chi connectivity index (χ1n) is 15.8. The van der Waals surface area contributed by atoms with Crippen molar-refractivity contribution in [1.29, 1.82) is 0 Å². The Bertz CT molecular complexity index is 1810. The van der Waals surface area contributed by atoms with E-state index >= 15 is 0 Å². The number of nitrogens with zero attached hydrogens (tertiary/aromatic N) is 5.